The van der Waals surface area contributed by atoms with Gasteiger partial charge in [0.1, 0.15) is 0 Å². The fourth-order valence-electron chi connectivity index (χ4n) is 2.15. The minimum atomic E-state index is 0.723. The van der Waals surface area contributed by atoms with E-state index in [0.717, 1.165) is 13.3 Å². The summed E-state index contributed by atoms with van der Waals surface area (Å²) in [4.78, 5) is 2.24. The van der Waals surface area contributed by atoms with Crippen LogP contribution >= 0.6 is 0 Å². The molecule has 0 N–H and O–H groups in total. The van der Waals surface area contributed by atoms with Crippen molar-refractivity contribution in [2.75, 3.05) is 14.1 Å². The smallest absolute Gasteiger partial charge is 0.175 e. The van der Waals surface area contributed by atoms with E-state index in [9.17, 15) is 0 Å². The molecule has 0 saturated heterocycles. The molecule has 0 fully saturated rings. The molecule has 0 aliphatic carbocycles. The van der Waals surface area contributed by atoms with Crippen molar-refractivity contribution < 1.29 is 0 Å². The molecular formula is C13H22BN. The molecule has 82 valence electrons. The van der Waals surface area contributed by atoms with Gasteiger partial charge in [0, 0.05) is 6.54 Å². The van der Waals surface area contributed by atoms with Crippen molar-refractivity contribution in [3.8, 4) is 0 Å². The molecule has 1 nitrogen and oxygen atoms in total. The lowest BCUT2D eigenvalue weighted by molar-refractivity contribution is 0.403. The summed E-state index contributed by atoms with van der Waals surface area (Å²) in [5.74, 6) is 0. The topological polar surface area (TPSA) is 3.24 Å². The van der Waals surface area contributed by atoms with Crippen LogP contribution in [0.1, 0.15) is 19.4 Å². The lowest BCUT2D eigenvalue weighted by atomic mass is 9.40. The number of rotatable bonds is 5. The van der Waals surface area contributed by atoms with Crippen LogP contribution in [0.4, 0.5) is 0 Å². The summed E-state index contributed by atoms with van der Waals surface area (Å²) in [5.41, 5.74) is 3.02. The molecule has 2 heteroatoms. The molecule has 0 spiro atoms. The first-order chi connectivity index (χ1) is 7.19. The van der Waals surface area contributed by atoms with Crippen LogP contribution in [0.25, 0.3) is 0 Å². The molecule has 0 unspecified atom stereocenters. The SMILES string of the molecule is CCB(CC)c1ccccc1CN(C)C. The molecule has 1 aromatic carbocycles. The standard InChI is InChI=1S/C13H22BN/c1-5-14(6-2)13-10-8-7-9-12(13)11-15(3)4/h7-10H,5-6,11H2,1-4H3. The quantitative estimate of drug-likeness (QED) is 0.664. The molecule has 0 amide bonds. The molecule has 1 rings (SSSR count). The zero-order chi connectivity index (χ0) is 11.3. The zero-order valence-corrected chi connectivity index (χ0v) is 10.5. The number of nitrogens with zero attached hydrogens (tertiary/aromatic N) is 1. The third-order valence-electron chi connectivity index (χ3n) is 2.97. The van der Waals surface area contributed by atoms with Crippen molar-refractivity contribution in [2.45, 2.75) is 33.0 Å². The van der Waals surface area contributed by atoms with E-state index in [0.29, 0.717) is 0 Å². The van der Waals surface area contributed by atoms with E-state index in [-0.39, 0.29) is 0 Å². The molecule has 0 bridgehead atoms. The van der Waals surface area contributed by atoms with Crippen molar-refractivity contribution in [1.29, 1.82) is 0 Å². The van der Waals surface area contributed by atoms with Crippen LogP contribution in [-0.2, 0) is 6.54 Å². The minimum Gasteiger partial charge on any atom is -0.305 e. The van der Waals surface area contributed by atoms with Gasteiger partial charge >= 0.3 is 0 Å². The highest BCUT2D eigenvalue weighted by Gasteiger charge is 2.14. The van der Waals surface area contributed by atoms with Gasteiger partial charge in [0.05, 0.1) is 0 Å². The fraction of sp³-hybridized carbons (Fsp3) is 0.538. The van der Waals surface area contributed by atoms with Gasteiger partial charge in [-0.1, -0.05) is 56.2 Å². The third kappa shape index (κ3) is 3.38. The average Bonchev–Trinajstić information content (AvgIpc) is 2.21. The Morgan fingerprint density at radius 3 is 2.20 bits per heavy atom. The van der Waals surface area contributed by atoms with Gasteiger partial charge < -0.3 is 4.90 Å². The largest absolute Gasteiger partial charge is 0.305 e. The predicted octanol–water partition coefficient (Wildman–Crippen LogP) is 2.49. The normalized spacial score (nSPS) is 10.7. The zero-order valence-electron chi connectivity index (χ0n) is 10.5. The van der Waals surface area contributed by atoms with E-state index in [1.54, 1.807) is 0 Å². The van der Waals surface area contributed by atoms with Crippen molar-refractivity contribution in [2.24, 2.45) is 0 Å². The molecule has 0 saturated carbocycles. The molecule has 0 aliphatic rings. The Hall–Kier alpha value is -0.755. The van der Waals surface area contributed by atoms with Crippen molar-refractivity contribution in [3.63, 3.8) is 0 Å². The van der Waals surface area contributed by atoms with E-state index in [2.05, 4.69) is 57.1 Å². The molecule has 0 heterocycles. The summed E-state index contributed by atoms with van der Waals surface area (Å²) in [6, 6.07) is 8.85. The lowest BCUT2D eigenvalue weighted by Crippen LogP contribution is -2.33. The Morgan fingerprint density at radius 2 is 1.67 bits per heavy atom. The molecule has 0 aromatic heterocycles. The Balaban J connectivity index is 2.94. The van der Waals surface area contributed by atoms with Crippen LogP contribution in [0.15, 0.2) is 24.3 Å². The van der Waals surface area contributed by atoms with Crippen LogP contribution in [-0.4, -0.2) is 25.7 Å². The average molecular weight is 203 g/mol. The fourth-order valence-corrected chi connectivity index (χ4v) is 2.15. The maximum atomic E-state index is 2.29. The molecular weight excluding hydrogens is 181 g/mol. The molecule has 1 aromatic rings. The van der Waals surface area contributed by atoms with Crippen LogP contribution in [0.3, 0.4) is 0 Å². The molecule has 0 radical (unpaired) electrons. The van der Waals surface area contributed by atoms with Crippen molar-refractivity contribution >= 4 is 12.2 Å². The maximum absolute atomic E-state index is 2.29. The summed E-state index contributed by atoms with van der Waals surface area (Å²) < 4.78 is 0. The first-order valence-electron chi connectivity index (χ1n) is 5.91. The molecule has 15 heavy (non-hydrogen) atoms. The van der Waals surface area contributed by atoms with E-state index in [4.69, 9.17) is 0 Å². The highest BCUT2D eigenvalue weighted by atomic mass is 15.0. The van der Waals surface area contributed by atoms with Crippen LogP contribution in [0, 0.1) is 0 Å². The monoisotopic (exact) mass is 203 g/mol. The van der Waals surface area contributed by atoms with Crippen LogP contribution in [0.5, 0.6) is 0 Å². The van der Waals surface area contributed by atoms with Gasteiger partial charge in [-0.2, -0.15) is 0 Å². The Labute approximate surface area is 94.6 Å². The molecule has 0 aliphatic heterocycles. The van der Waals surface area contributed by atoms with Crippen molar-refractivity contribution in [1.82, 2.24) is 4.90 Å². The summed E-state index contributed by atoms with van der Waals surface area (Å²) in [5, 5.41) is 0. The van der Waals surface area contributed by atoms with Gasteiger partial charge in [-0.15, -0.1) is 0 Å². The van der Waals surface area contributed by atoms with Gasteiger partial charge in [-0.05, 0) is 19.7 Å². The predicted molar refractivity (Wildman–Crippen MR) is 70.2 cm³/mol. The first kappa shape index (κ1) is 12.3. The Kier molecular flexibility index (Phi) is 4.90. The van der Waals surface area contributed by atoms with E-state index in [1.165, 1.54) is 23.7 Å². The number of hydrogen-bond donors (Lipinski definition) is 0. The van der Waals surface area contributed by atoms with Gasteiger partial charge in [-0.3, -0.25) is 0 Å². The van der Waals surface area contributed by atoms with Crippen LogP contribution in [0.2, 0.25) is 12.6 Å². The van der Waals surface area contributed by atoms with E-state index in [1.807, 2.05) is 0 Å². The van der Waals surface area contributed by atoms with E-state index < -0.39 is 0 Å². The summed E-state index contributed by atoms with van der Waals surface area (Å²) in [6.45, 7) is 6.33. The second kappa shape index (κ2) is 5.97. The minimum absolute atomic E-state index is 0.723. The van der Waals surface area contributed by atoms with Crippen LogP contribution < -0.4 is 5.46 Å². The summed E-state index contributed by atoms with van der Waals surface area (Å²) >= 11 is 0. The third-order valence-corrected chi connectivity index (χ3v) is 2.97. The second-order valence-corrected chi connectivity index (χ2v) is 4.45. The first-order valence-corrected chi connectivity index (χ1v) is 5.91. The van der Waals surface area contributed by atoms with Gasteiger partial charge in [-0.25, -0.2) is 0 Å². The summed E-state index contributed by atoms with van der Waals surface area (Å²) in [6.07, 6.45) is 2.47. The van der Waals surface area contributed by atoms with Gasteiger partial charge in [0.2, 0.25) is 0 Å². The Bertz CT molecular complexity index is 292. The van der Waals surface area contributed by atoms with Gasteiger partial charge in [0.25, 0.3) is 0 Å². The maximum Gasteiger partial charge on any atom is 0.175 e. The Morgan fingerprint density at radius 1 is 1.07 bits per heavy atom. The highest BCUT2D eigenvalue weighted by molar-refractivity contribution is 6.73. The molecule has 0 atom stereocenters. The summed E-state index contributed by atoms with van der Waals surface area (Å²) in [7, 11) is 4.26. The number of benzene rings is 1. The highest BCUT2D eigenvalue weighted by Crippen LogP contribution is 2.06. The lowest BCUT2D eigenvalue weighted by Gasteiger charge is -2.17. The van der Waals surface area contributed by atoms with Gasteiger partial charge in [0.15, 0.2) is 6.71 Å². The second-order valence-electron chi connectivity index (χ2n) is 4.45. The van der Waals surface area contributed by atoms with Crippen molar-refractivity contribution in [3.05, 3.63) is 29.8 Å². The number of hydrogen-bond acceptors (Lipinski definition) is 1. The van der Waals surface area contributed by atoms with E-state index >= 15 is 0 Å².